The van der Waals surface area contributed by atoms with Crippen LogP contribution in [0.25, 0.3) is 0 Å². The van der Waals surface area contributed by atoms with E-state index in [1.165, 1.54) is 23.1 Å². The van der Waals surface area contributed by atoms with Gasteiger partial charge in [0.2, 0.25) is 0 Å². The first-order valence-electron chi connectivity index (χ1n) is 5.43. The molecular weight excluding hydrogens is 172 g/mol. The van der Waals surface area contributed by atoms with Gasteiger partial charge < -0.3 is 10.6 Å². The highest BCUT2D eigenvalue weighted by molar-refractivity contribution is 5.36. The van der Waals surface area contributed by atoms with Gasteiger partial charge in [-0.1, -0.05) is 25.1 Å². The second-order valence-electron chi connectivity index (χ2n) is 3.76. The second-order valence-corrected chi connectivity index (χ2v) is 3.76. The Balaban J connectivity index is 2.21. The van der Waals surface area contributed by atoms with Gasteiger partial charge in [-0.2, -0.15) is 0 Å². The van der Waals surface area contributed by atoms with Crippen LogP contribution >= 0.6 is 0 Å². The van der Waals surface area contributed by atoms with E-state index in [0.29, 0.717) is 0 Å². The average molecular weight is 190 g/mol. The van der Waals surface area contributed by atoms with E-state index in [-0.39, 0.29) is 0 Å². The second kappa shape index (κ2) is 4.58. The fraction of sp³-hybridized carbons (Fsp3) is 0.500. The van der Waals surface area contributed by atoms with Crippen molar-refractivity contribution in [2.24, 2.45) is 0 Å². The van der Waals surface area contributed by atoms with Crippen LogP contribution in [0.4, 0.5) is 0 Å². The maximum absolute atomic E-state index is 3.43. The minimum absolute atomic E-state index is 1.00. The zero-order chi connectivity index (χ0) is 9.80. The molecule has 0 aromatic heterocycles. The van der Waals surface area contributed by atoms with Crippen molar-refractivity contribution in [3.8, 4) is 0 Å². The van der Waals surface area contributed by atoms with Crippen molar-refractivity contribution in [1.29, 1.82) is 0 Å². The molecule has 1 aromatic carbocycles. The van der Waals surface area contributed by atoms with E-state index < -0.39 is 0 Å². The molecule has 0 bridgehead atoms. The van der Waals surface area contributed by atoms with Crippen LogP contribution in [-0.2, 0) is 19.5 Å². The van der Waals surface area contributed by atoms with Gasteiger partial charge in [-0.15, -0.1) is 0 Å². The van der Waals surface area contributed by atoms with E-state index in [1.807, 2.05) is 0 Å². The van der Waals surface area contributed by atoms with Crippen LogP contribution in [0.1, 0.15) is 23.6 Å². The van der Waals surface area contributed by atoms with E-state index in [9.17, 15) is 0 Å². The van der Waals surface area contributed by atoms with E-state index in [0.717, 1.165) is 26.2 Å². The highest BCUT2D eigenvalue weighted by atomic mass is 14.9. The summed E-state index contributed by atoms with van der Waals surface area (Å²) in [5.74, 6) is 0. The summed E-state index contributed by atoms with van der Waals surface area (Å²) in [6.45, 7) is 6.35. The fourth-order valence-corrected chi connectivity index (χ4v) is 2.01. The van der Waals surface area contributed by atoms with Crippen molar-refractivity contribution < 1.29 is 0 Å². The van der Waals surface area contributed by atoms with E-state index in [1.54, 1.807) is 0 Å². The highest BCUT2D eigenvalue weighted by Gasteiger charge is 2.11. The van der Waals surface area contributed by atoms with Crippen LogP contribution in [-0.4, -0.2) is 13.1 Å². The molecule has 14 heavy (non-hydrogen) atoms. The molecule has 0 spiro atoms. The monoisotopic (exact) mass is 190 g/mol. The molecule has 0 unspecified atom stereocenters. The molecular formula is C12H18N2. The quantitative estimate of drug-likeness (QED) is 0.753. The average Bonchev–Trinajstić information content (AvgIpc) is 2.26. The van der Waals surface area contributed by atoms with E-state index >= 15 is 0 Å². The summed E-state index contributed by atoms with van der Waals surface area (Å²) >= 11 is 0. The van der Waals surface area contributed by atoms with Crippen molar-refractivity contribution in [2.75, 3.05) is 13.1 Å². The molecule has 2 heteroatoms. The lowest BCUT2D eigenvalue weighted by Gasteiger charge is -2.20. The Morgan fingerprint density at radius 3 is 3.21 bits per heavy atom. The molecule has 0 fully saturated rings. The zero-order valence-electron chi connectivity index (χ0n) is 8.77. The molecule has 2 nitrogen and oxygen atoms in total. The molecule has 0 saturated carbocycles. The molecule has 0 atom stereocenters. The van der Waals surface area contributed by atoms with Crippen LogP contribution in [0, 0.1) is 0 Å². The molecule has 76 valence electrons. The number of fused-ring (bicyclic) bond motifs is 1. The van der Waals surface area contributed by atoms with Crippen molar-refractivity contribution in [1.82, 2.24) is 10.6 Å². The van der Waals surface area contributed by atoms with Crippen molar-refractivity contribution in [3.63, 3.8) is 0 Å². The topological polar surface area (TPSA) is 24.1 Å². The summed E-state index contributed by atoms with van der Waals surface area (Å²) in [5.41, 5.74) is 4.50. The summed E-state index contributed by atoms with van der Waals surface area (Å²) in [4.78, 5) is 0. The minimum Gasteiger partial charge on any atom is -0.313 e. The molecule has 0 saturated heterocycles. The lowest BCUT2D eigenvalue weighted by Crippen LogP contribution is -2.26. The Morgan fingerprint density at radius 1 is 1.43 bits per heavy atom. The van der Waals surface area contributed by atoms with Crippen LogP contribution < -0.4 is 10.6 Å². The summed E-state index contributed by atoms with van der Waals surface area (Å²) in [6.07, 6.45) is 1.18. The first-order valence-corrected chi connectivity index (χ1v) is 5.43. The molecule has 1 aliphatic heterocycles. The third-order valence-corrected chi connectivity index (χ3v) is 2.81. The lowest BCUT2D eigenvalue weighted by atomic mass is 9.96. The van der Waals surface area contributed by atoms with Crippen molar-refractivity contribution in [2.45, 2.75) is 26.4 Å². The Labute approximate surface area is 85.7 Å². The van der Waals surface area contributed by atoms with Crippen LogP contribution in [0.15, 0.2) is 18.2 Å². The van der Waals surface area contributed by atoms with Gasteiger partial charge in [0.1, 0.15) is 0 Å². The summed E-state index contributed by atoms with van der Waals surface area (Å²) in [6, 6.07) is 6.66. The van der Waals surface area contributed by atoms with Crippen molar-refractivity contribution in [3.05, 3.63) is 34.9 Å². The smallest absolute Gasteiger partial charge is 0.0211 e. The molecule has 2 rings (SSSR count). The largest absolute Gasteiger partial charge is 0.313 e. The van der Waals surface area contributed by atoms with Gasteiger partial charge in [0.15, 0.2) is 0 Å². The first kappa shape index (κ1) is 9.69. The number of rotatable bonds is 3. The van der Waals surface area contributed by atoms with Crippen LogP contribution in [0.5, 0.6) is 0 Å². The van der Waals surface area contributed by atoms with Gasteiger partial charge in [0.05, 0.1) is 0 Å². The highest BCUT2D eigenvalue weighted by Crippen LogP contribution is 2.18. The molecule has 1 aromatic rings. The fourth-order valence-electron chi connectivity index (χ4n) is 2.01. The molecule has 1 heterocycles. The maximum atomic E-state index is 3.43. The number of hydrogen-bond acceptors (Lipinski definition) is 2. The minimum atomic E-state index is 1.00. The third-order valence-electron chi connectivity index (χ3n) is 2.81. The van der Waals surface area contributed by atoms with Gasteiger partial charge in [-0.25, -0.2) is 0 Å². The van der Waals surface area contributed by atoms with Gasteiger partial charge in [0.25, 0.3) is 0 Å². The Morgan fingerprint density at radius 2 is 2.36 bits per heavy atom. The zero-order valence-corrected chi connectivity index (χ0v) is 8.77. The third kappa shape index (κ3) is 1.97. The van der Waals surface area contributed by atoms with E-state index in [2.05, 4.69) is 35.8 Å². The van der Waals surface area contributed by atoms with Crippen LogP contribution in [0.3, 0.4) is 0 Å². The maximum Gasteiger partial charge on any atom is 0.0211 e. The number of nitrogens with one attached hydrogen (secondary N) is 2. The molecule has 2 N–H and O–H groups in total. The molecule has 0 amide bonds. The Kier molecular flexibility index (Phi) is 3.17. The normalized spacial score (nSPS) is 15.2. The first-order chi connectivity index (χ1) is 6.92. The summed E-state index contributed by atoms with van der Waals surface area (Å²) in [7, 11) is 0. The summed E-state index contributed by atoms with van der Waals surface area (Å²) in [5, 5.41) is 6.82. The standard InChI is InChI=1S/C12H18N2/c1-2-13-8-11-5-3-4-10-6-7-14-9-12(10)11/h3-5,13-14H,2,6-9H2,1H3. The lowest BCUT2D eigenvalue weighted by molar-refractivity contribution is 0.628. The summed E-state index contributed by atoms with van der Waals surface area (Å²) < 4.78 is 0. The molecule has 1 aliphatic rings. The van der Waals surface area contributed by atoms with Crippen molar-refractivity contribution >= 4 is 0 Å². The van der Waals surface area contributed by atoms with E-state index in [4.69, 9.17) is 0 Å². The van der Waals surface area contributed by atoms with Gasteiger partial charge in [-0.3, -0.25) is 0 Å². The van der Waals surface area contributed by atoms with Gasteiger partial charge in [-0.05, 0) is 36.2 Å². The number of hydrogen-bond donors (Lipinski definition) is 2. The Bertz CT molecular complexity index is 307. The molecule has 0 aliphatic carbocycles. The predicted molar refractivity (Wildman–Crippen MR) is 59.2 cm³/mol. The number of benzene rings is 1. The SMILES string of the molecule is CCNCc1cccc2c1CNCC2. The predicted octanol–water partition coefficient (Wildman–Crippen LogP) is 1.44. The molecule has 0 radical (unpaired) electrons. The van der Waals surface area contributed by atoms with Gasteiger partial charge >= 0.3 is 0 Å². The van der Waals surface area contributed by atoms with Crippen LogP contribution in [0.2, 0.25) is 0 Å². The Hall–Kier alpha value is -0.860. The van der Waals surface area contributed by atoms with Gasteiger partial charge in [0, 0.05) is 13.1 Å².